The van der Waals surface area contributed by atoms with E-state index in [1.807, 2.05) is 31.2 Å². The van der Waals surface area contributed by atoms with Gasteiger partial charge in [0.15, 0.2) is 15.5 Å². The van der Waals surface area contributed by atoms with E-state index in [0.29, 0.717) is 40.5 Å². The molecule has 1 N–H and O–H groups in total. The predicted octanol–water partition coefficient (Wildman–Crippen LogP) is 4.35. The lowest BCUT2D eigenvalue weighted by atomic mass is 10.0. The Morgan fingerprint density at radius 3 is 2.62 bits per heavy atom. The van der Waals surface area contributed by atoms with Crippen molar-refractivity contribution in [3.8, 4) is 0 Å². The maximum absolute atomic E-state index is 13.4. The molecule has 1 unspecified atom stereocenters. The number of rotatable bonds is 5. The molecule has 7 nitrogen and oxygen atoms in total. The van der Waals surface area contributed by atoms with Crippen molar-refractivity contribution in [2.45, 2.75) is 57.9 Å². The van der Waals surface area contributed by atoms with Crippen LogP contribution in [-0.2, 0) is 9.84 Å². The fourth-order valence-electron chi connectivity index (χ4n) is 4.50. The normalized spacial score (nSPS) is 20.2. The van der Waals surface area contributed by atoms with E-state index in [-0.39, 0.29) is 23.5 Å². The van der Waals surface area contributed by atoms with Gasteiger partial charge in [-0.15, -0.1) is 0 Å². The first-order valence-corrected chi connectivity index (χ1v) is 13.1. The van der Waals surface area contributed by atoms with E-state index in [2.05, 4.69) is 30.3 Å². The minimum Gasteiger partial charge on any atom is -0.322 e. The first kappa shape index (κ1) is 21.1. The molecular weight excluding hydrogens is 424 g/mol. The topological polar surface area (TPSA) is 93.9 Å². The van der Waals surface area contributed by atoms with Gasteiger partial charge >= 0.3 is 0 Å². The molecule has 3 heterocycles. The van der Waals surface area contributed by atoms with Gasteiger partial charge < -0.3 is 5.32 Å². The minimum atomic E-state index is -3.06. The lowest BCUT2D eigenvalue weighted by molar-refractivity contribution is 0.102. The fraction of sp³-hybridized carbons (Fsp3) is 0.458. The number of carbonyl (C=O) groups excluding carboxylic acids is 1. The van der Waals surface area contributed by atoms with Crippen molar-refractivity contribution in [1.29, 1.82) is 0 Å². The van der Waals surface area contributed by atoms with E-state index in [1.165, 1.54) is 0 Å². The molecule has 1 aromatic carbocycles. The van der Waals surface area contributed by atoms with E-state index in [4.69, 9.17) is 4.98 Å². The number of sulfone groups is 1. The van der Waals surface area contributed by atoms with Crippen molar-refractivity contribution >= 4 is 32.5 Å². The number of nitrogens with one attached hydrogen (secondary N) is 1. The molecule has 3 aromatic rings. The van der Waals surface area contributed by atoms with E-state index in [9.17, 15) is 13.2 Å². The van der Waals surface area contributed by atoms with Crippen molar-refractivity contribution in [2.24, 2.45) is 0 Å². The number of amides is 1. The van der Waals surface area contributed by atoms with Gasteiger partial charge in [0.05, 0.1) is 34.2 Å². The zero-order valence-corrected chi connectivity index (χ0v) is 19.4. The number of aromatic nitrogens is 3. The van der Waals surface area contributed by atoms with Gasteiger partial charge in [-0.2, -0.15) is 5.10 Å². The number of pyridine rings is 1. The maximum Gasteiger partial charge on any atom is 0.256 e. The molecule has 1 saturated carbocycles. The summed E-state index contributed by atoms with van der Waals surface area (Å²) in [6.45, 7) is 6.10. The zero-order valence-electron chi connectivity index (χ0n) is 18.6. The molecule has 1 aliphatic heterocycles. The monoisotopic (exact) mass is 452 g/mol. The Bertz CT molecular complexity index is 1320. The minimum absolute atomic E-state index is 0.0715. The number of hydrogen-bond donors (Lipinski definition) is 1. The number of benzene rings is 1. The Morgan fingerprint density at radius 1 is 1.19 bits per heavy atom. The molecule has 1 amide bonds. The van der Waals surface area contributed by atoms with Gasteiger partial charge in [0.2, 0.25) is 0 Å². The standard InChI is InChI=1S/C24H28N4O3S/c1-14(2)17-5-4-6-18(11-17)25-24(29)20-12-21(16-7-8-16)26-23-22(20)15(3)27-28(23)19-9-10-32(30,31)13-19/h4-6,11-12,14,16,19H,7-10,13H2,1-3H3,(H,25,29). The predicted molar refractivity (Wildman–Crippen MR) is 125 cm³/mol. The van der Waals surface area contributed by atoms with Crippen LogP contribution in [0.1, 0.15) is 78.3 Å². The number of hydrogen-bond acceptors (Lipinski definition) is 5. The van der Waals surface area contributed by atoms with E-state index in [1.54, 1.807) is 4.68 Å². The summed E-state index contributed by atoms with van der Waals surface area (Å²) in [6.07, 6.45) is 2.64. The molecule has 5 rings (SSSR count). The molecule has 1 atom stereocenters. The molecule has 0 bridgehead atoms. The fourth-order valence-corrected chi connectivity index (χ4v) is 6.19. The van der Waals surface area contributed by atoms with Crippen molar-refractivity contribution in [3.05, 3.63) is 52.8 Å². The summed E-state index contributed by atoms with van der Waals surface area (Å²) in [7, 11) is -3.06. The largest absolute Gasteiger partial charge is 0.322 e. The summed E-state index contributed by atoms with van der Waals surface area (Å²) in [5.74, 6) is 0.763. The van der Waals surface area contributed by atoms with Crippen LogP contribution in [0.2, 0.25) is 0 Å². The molecule has 2 aliphatic rings. The van der Waals surface area contributed by atoms with Crippen LogP contribution in [-0.4, -0.2) is 40.6 Å². The van der Waals surface area contributed by atoms with Gasteiger partial charge in [-0.3, -0.25) is 4.79 Å². The third-order valence-electron chi connectivity index (χ3n) is 6.46. The van der Waals surface area contributed by atoms with E-state index < -0.39 is 9.84 Å². The molecule has 2 fully saturated rings. The average Bonchev–Trinajstić information content (AvgIpc) is 3.46. The second-order valence-electron chi connectivity index (χ2n) is 9.39. The smallest absolute Gasteiger partial charge is 0.256 e. The summed E-state index contributed by atoms with van der Waals surface area (Å²) in [4.78, 5) is 18.3. The number of fused-ring (bicyclic) bond motifs is 1. The van der Waals surface area contributed by atoms with Crippen LogP contribution in [0.25, 0.3) is 11.0 Å². The summed E-state index contributed by atoms with van der Waals surface area (Å²) in [5, 5.41) is 8.41. The van der Waals surface area contributed by atoms with Crippen LogP contribution >= 0.6 is 0 Å². The third-order valence-corrected chi connectivity index (χ3v) is 8.21. The van der Waals surface area contributed by atoms with Crippen LogP contribution < -0.4 is 5.32 Å². The summed E-state index contributed by atoms with van der Waals surface area (Å²) < 4.78 is 25.9. The number of nitrogens with zero attached hydrogens (tertiary/aromatic N) is 3. The molecule has 1 saturated heterocycles. The van der Waals surface area contributed by atoms with Crippen LogP contribution in [0.4, 0.5) is 5.69 Å². The highest BCUT2D eigenvalue weighted by atomic mass is 32.2. The zero-order chi connectivity index (χ0) is 22.6. The summed E-state index contributed by atoms with van der Waals surface area (Å²) in [5.41, 5.74) is 4.67. The summed E-state index contributed by atoms with van der Waals surface area (Å²) >= 11 is 0. The van der Waals surface area contributed by atoms with Crippen LogP contribution in [0, 0.1) is 6.92 Å². The molecule has 1 aliphatic carbocycles. The van der Waals surface area contributed by atoms with Crippen LogP contribution in [0.15, 0.2) is 30.3 Å². The average molecular weight is 453 g/mol. The maximum atomic E-state index is 13.4. The Labute approximate surface area is 188 Å². The molecule has 32 heavy (non-hydrogen) atoms. The van der Waals surface area contributed by atoms with Gasteiger partial charge in [0.25, 0.3) is 5.91 Å². The molecule has 168 valence electrons. The van der Waals surface area contributed by atoms with Crippen LogP contribution in [0.5, 0.6) is 0 Å². The Hall–Kier alpha value is -2.74. The quantitative estimate of drug-likeness (QED) is 0.621. The van der Waals surface area contributed by atoms with Crippen molar-refractivity contribution in [2.75, 3.05) is 16.8 Å². The highest BCUT2D eigenvalue weighted by molar-refractivity contribution is 7.91. The van der Waals surface area contributed by atoms with Crippen molar-refractivity contribution in [1.82, 2.24) is 14.8 Å². The molecular formula is C24H28N4O3S. The third kappa shape index (κ3) is 3.92. The Morgan fingerprint density at radius 2 is 1.97 bits per heavy atom. The second kappa shape index (κ2) is 7.69. The molecule has 2 aromatic heterocycles. The lowest BCUT2D eigenvalue weighted by Crippen LogP contribution is -2.15. The van der Waals surface area contributed by atoms with Gasteiger partial charge in [-0.1, -0.05) is 26.0 Å². The highest BCUT2D eigenvalue weighted by Crippen LogP contribution is 2.41. The number of carbonyl (C=O) groups is 1. The molecule has 0 radical (unpaired) electrons. The summed E-state index contributed by atoms with van der Waals surface area (Å²) in [6, 6.07) is 9.56. The van der Waals surface area contributed by atoms with E-state index >= 15 is 0 Å². The highest BCUT2D eigenvalue weighted by Gasteiger charge is 2.34. The second-order valence-corrected chi connectivity index (χ2v) is 11.6. The van der Waals surface area contributed by atoms with Crippen molar-refractivity contribution in [3.63, 3.8) is 0 Å². The van der Waals surface area contributed by atoms with Crippen molar-refractivity contribution < 1.29 is 13.2 Å². The Kier molecular flexibility index (Phi) is 5.08. The van der Waals surface area contributed by atoms with Gasteiger partial charge in [-0.25, -0.2) is 18.1 Å². The number of aryl methyl sites for hydroxylation is 1. The lowest BCUT2D eigenvalue weighted by Gasteiger charge is -2.13. The molecule has 0 spiro atoms. The van der Waals surface area contributed by atoms with Gasteiger partial charge in [-0.05, 0) is 55.9 Å². The SMILES string of the molecule is Cc1nn(C2CCS(=O)(=O)C2)c2nc(C3CC3)cc(C(=O)Nc3cccc(C(C)C)c3)c12. The number of anilines is 1. The van der Waals surface area contributed by atoms with E-state index in [0.717, 1.165) is 29.8 Å². The molecule has 8 heteroatoms. The Balaban J connectivity index is 1.58. The first-order chi connectivity index (χ1) is 15.2. The van der Waals surface area contributed by atoms with Gasteiger partial charge in [0, 0.05) is 17.3 Å². The van der Waals surface area contributed by atoms with Crippen LogP contribution in [0.3, 0.4) is 0 Å². The first-order valence-electron chi connectivity index (χ1n) is 11.2. The van der Waals surface area contributed by atoms with Gasteiger partial charge in [0.1, 0.15) is 0 Å².